The molecule has 0 saturated heterocycles. The van der Waals surface area contributed by atoms with Gasteiger partial charge in [-0.1, -0.05) is 0 Å². The minimum Gasteiger partial charge on any atom is -0.449 e. The first-order valence-corrected chi connectivity index (χ1v) is 6.27. The summed E-state index contributed by atoms with van der Waals surface area (Å²) in [6, 6.07) is 5.82. The van der Waals surface area contributed by atoms with Crippen LogP contribution in [0.2, 0.25) is 0 Å². The molecule has 5 nitrogen and oxygen atoms in total. The zero-order valence-corrected chi connectivity index (χ0v) is 10.2. The Morgan fingerprint density at radius 2 is 2.33 bits per heavy atom. The van der Waals surface area contributed by atoms with Crippen molar-refractivity contribution in [1.29, 1.82) is 5.26 Å². The van der Waals surface area contributed by atoms with E-state index in [2.05, 4.69) is 10.6 Å². The molecule has 5 heteroatoms. The van der Waals surface area contributed by atoms with E-state index in [1.807, 2.05) is 6.07 Å². The van der Waals surface area contributed by atoms with E-state index in [0.29, 0.717) is 24.8 Å². The molecular formula is C13H17N3O2. The smallest absolute Gasteiger partial charge is 0.220 e. The van der Waals surface area contributed by atoms with Crippen LogP contribution in [0.25, 0.3) is 0 Å². The van der Waals surface area contributed by atoms with Crippen LogP contribution in [-0.4, -0.2) is 18.5 Å². The van der Waals surface area contributed by atoms with Crippen molar-refractivity contribution >= 4 is 5.91 Å². The number of hydrogen-bond acceptors (Lipinski definition) is 4. The highest BCUT2D eigenvalue weighted by Crippen LogP contribution is 2.18. The molecule has 1 amide bonds. The summed E-state index contributed by atoms with van der Waals surface area (Å²) < 4.78 is 5.22. The van der Waals surface area contributed by atoms with Crippen molar-refractivity contribution in [2.75, 3.05) is 6.54 Å². The second kappa shape index (κ2) is 6.22. The van der Waals surface area contributed by atoms with E-state index in [-0.39, 0.29) is 5.91 Å². The van der Waals surface area contributed by atoms with Gasteiger partial charge in [-0.3, -0.25) is 4.79 Å². The van der Waals surface area contributed by atoms with Crippen LogP contribution in [0.5, 0.6) is 0 Å². The Kier molecular flexibility index (Phi) is 4.37. The van der Waals surface area contributed by atoms with Gasteiger partial charge in [-0.2, -0.15) is 5.26 Å². The lowest BCUT2D eigenvalue weighted by atomic mass is 10.3. The number of nitrogens with zero attached hydrogens (tertiary/aromatic N) is 1. The molecule has 1 fully saturated rings. The van der Waals surface area contributed by atoms with Crippen molar-refractivity contribution < 1.29 is 9.21 Å². The van der Waals surface area contributed by atoms with E-state index >= 15 is 0 Å². The van der Waals surface area contributed by atoms with Crippen LogP contribution in [-0.2, 0) is 11.3 Å². The highest BCUT2D eigenvalue weighted by molar-refractivity contribution is 5.76. The topological polar surface area (TPSA) is 78.1 Å². The van der Waals surface area contributed by atoms with Gasteiger partial charge in [0.1, 0.15) is 11.8 Å². The van der Waals surface area contributed by atoms with E-state index in [0.717, 1.165) is 31.6 Å². The zero-order chi connectivity index (χ0) is 12.8. The number of nitrogens with one attached hydrogen (secondary N) is 2. The first-order chi connectivity index (χ1) is 8.78. The Balaban J connectivity index is 1.52. The van der Waals surface area contributed by atoms with Crippen LogP contribution in [0.1, 0.15) is 37.2 Å². The van der Waals surface area contributed by atoms with Gasteiger partial charge in [-0.25, -0.2) is 0 Å². The number of amides is 1. The van der Waals surface area contributed by atoms with Crippen molar-refractivity contribution in [2.24, 2.45) is 0 Å². The quantitative estimate of drug-likeness (QED) is 0.712. The normalized spacial score (nSPS) is 14.2. The fourth-order valence-corrected chi connectivity index (χ4v) is 1.65. The van der Waals surface area contributed by atoms with Gasteiger partial charge in [0.05, 0.1) is 6.54 Å². The van der Waals surface area contributed by atoms with Crippen LogP contribution in [0.3, 0.4) is 0 Å². The molecule has 0 atom stereocenters. The standard InChI is InChI=1S/C13H17N3O2/c14-8-11-5-6-12(18-11)9-15-7-1-2-13(17)16-10-3-4-10/h5-6,10,15H,1-4,7,9H2,(H,16,17). The molecule has 0 unspecified atom stereocenters. The highest BCUT2D eigenvalue weighted by Gasteiger charge is 2.22. The van der Waals surface area contributed by atoms with Gasteiger partial charge in [0.25, 0.3) is 0 Å². The van der Waals surface area contributed by atoms with Gasteiger partial charge in [0.2, 0.25) is 11.7 Å². The summed E-state index contributed by atoms with van der Waals surface area (Å²) in [4.78, 5) is 11.4. The SMILES string of the molecule is N#Cc1ccc(CNCCCC(=O)NC2CC2)o1. The molecule has 1 heterocycles. The molecule has 96 valence electrons. The Bertz CT molecular complexity index is 443. The second-order valence-electron chi connectivity index (χ2n) is 4.50. The van der Waals surface area contributed by atoms with Gasteiger partial charge in [-0.15, -0.1) is 0 Å². The molecule has 1 aromatic rings. The minimum absolute atomic E-state index is 0.143. The first kappa shape index (κ1) is 12.7. The molecule has 0 radical (unpaired) electrons. The molecule has 0 aromatic carbocycles. The molecule has 1 aliphatic rings. The summed E-state index contributed by atoms with van der Waals surface area (Å²) in [5.41, 5.74) is 0. The Morgan fingerprint density at radius 3 is 3.00 bits per heavy atom. The molecule has 0 aliphatic heterocycles. The summed E-state index contributed by atoms with van der Waals surface area (Å²) in [6.45, 7) is 1.35. The molecule has 1 aliphatic carbocycles. The van der Waals surface area contributed by atoms with Crippen LogP contribution >= 0.6 is 0 Å². The number of hydrogen-bond donors (Lipinski definition) is 2. The van der Waals surface area contributed by atoms with E-state index in [4.69, 9.17) is 9.68 Å². The van der Waals surface area contributed by atoms with Crippen LogP contribution < -0.4 is 10.6 Å². The first-order valence-electron chi connectivity index (χ1n) is 6.27. The summed E-state index contributed by atoms with van der Waals surface area (Å²) in [6.07, 6.45) is 3.63. The van der Waals surface area contributed by atoms with Gasteiger partial charge < -0.3 is 15.1 Å². The zero-order valence-electron chi connectivity index (χ0n) is 10.2. The molecule has 1 saturated carbocycles. The van der Waals surface area contributed by atoms with E-state index < -0.39 is 0 Å². The van der Waals surface area contributed by atoms with Gasteiger partial charge in [-0.05, 0) is 37.9 Å². The lowest BCUT2D eigenvalue weighted by molar-refractivity contribution is -0.121. The average Bonchev–Trinajstić information content (AvgIpc) is 3.05. The van der Waals surface area contributed by atoms with E-state index in [1.54, 1.807) is 12.1 Å². The molecular weight excluding hydrogens is 230 g/mol. The maximum absolute atomic E-state index is 11.4. The highest BCUT2D eigenvalue weighted by atomic mass is 16.3. The number of carbonyl (C=O) groups is 1. The number of carbonyl (C=O) groups excluding carboxylic acids is 1. The summed E-state index contributed by atoms with van der Waals surface area (Å²) in [5, 5.41) is 14.7. The molecule has 0 spiro atoms. The van der Waals surface area contributed by atoms with Crippen molar-refractivity contribution in [3.63, 3.8) is 0 Å². The predicted molar refractivity (Wildman–Crippen MR) is 65.5 cm³/mol. The van der Waals surface area contributed by atoms with Gasteiger partial charge in [0, 0.05) is 12.5 Å². The van der Waals surface area contributed by atoms with Crippen molar-refractivity contribution in [3.8, 4) is 6.07 Å². The monoisotopic (exact) mass is 247 g/mol. The maximum atomic E-state index is 11.4. The van der Waals surface area contributed by atoms with Crippen LogP contribution in [0.15, 0.2) is 16.5 Å². The maximum Gasteiger partial charge on any atom is 0.220 e. The molecule has 18 heavy (non-hydrogen) atoms. The van der Waals surface area contributed by atoms with Crippen LogP contribution in [0, 0.1) is 11.3 Å². The number of nitriles is 1. The van der Waals surface area contributed by atoms with Crippen LogP contribution in [0.4, 0.5) is 0 Å². The molecule has 1 aromatic heterocycles. The molecule has 2 N–H and O–H groups in total. The van der Waals surface area contributed by atoms with E-state index in [1.165, 1.54) is 0 Å². The van der Waals surface area contributed by atoms with Crippen molar-refractivity contribution in [2.45, 2.75) is 38.3 Å². The third-order valence-corrected chi connectivity index (χ3v) is 2.77. The predicted octanol–water partition coefficient (Wildman–Crippen LogP) is 1.30. The second-order valence-corrected chi connectivity index (χ2v) is 4.50. The fourth-order valence-electron chi connectivity index (χ4n) is 1.65. The Hall–Kier alpha value is -1.80. The lowest BCUT2D eigenvalue weighted by Crippen LogP contribution is -2.26. The fraction of sp³-hybridized carbons (Fsp3) is 0.538. The third kappa shape index (κ3) is 4.22. The summed E-state index contributed by atoms with van der Waals surface area (Å²) >= 11 is 0. The average molecular weight is 247 g/mol. The Labute approximate surface area is 106 Å². The van der Waals surface area contributed by atoms with Crippen molar-refractivity contribution in [1.82, 2.24) is 10.6 Å². The Morgan fingerprint density at radius 1 is 1.50 bits per heavy atom. The van der Waals surface area contributed by atoms with Gasteiger partial charge >= 0.3 is 0 Å². The largest absolute Gasteiger partial charge is 0.449 e. The molecule has 2 rings (SSSR count). The summed E-state index contributed by atoms with van der Waals surface area (Å²) in [7, 11) is 0. The van der Waals surface area contributed by atoms with Gasteiger partial charge in [0.15, 0.2) is 0 Å². The minimum atomic E-state index is 0.143. The number of furan rings is 1. The van der Waals surface area contributed by atoms with E-state index in [9.17, 15) is 4.79 Å². The molecule has 0 bridgehead atoms. The van der Waals surface area contributed by atoms with Crippen molar-refractivity contribution in [3.05, 3.63) is 23.7 Å². The third-order valence-electron chi connectivity index (χ3n) is 2.77. The lowest BCUT2D eigenvalue weighted by Gasteiger charge is -2.04. The summed E-state index contributed by atoms with van der Waals surface area (Å²) in [5.74, 6) is 1.22. The number of rotatable bonds is 7.